The minimum Gasteiger partial charge on any atom is -0.360 e. The molecule has 1 fully saturated rings. The van der Waals surface area contributed by atoms with E-state index >= 15 is 0 Å². The van der Waals surface area contributed by atoms with E-state index in [0.717, 1.165) is 22.3 Å². The summed E-state index contributed by atoms with van der Waals surface area (Å²) in [5.74, 6) is 1.30. The Hall–Kier alpha value is -2.30. The van der Waals surface area contributed by atoms with Crippen molar-refractivity contribution in [3.63, 3.8) is 0 Å². The van der Waals surface area contributed by atoms with Crippen LogP contribution in [0.3, 0.4) is 0 Å². The zero-order valence-corrected chi connectivity index (χ0v) is 19.1. The van der Waals surface area contributed by atoms with E-state index in [2.05, 4.69) is 15.5 Å². The highest BCUT2D eigenvalue weighted by Gasteiger charge is 2.34. The molecule has 30 heavy (non-hydrogen) atoms. The number of hydrogen-bond acceptors (Lipinski definition) is 8. The molecule has 8 nitrogen and oxygen atoms in total. The number of pyridine rings is 1. The van der Waals surface area contributed by atoms with E-state index in [4.69, 9.17) is 9.51 Å². The minimum absolute atomic E-state index is 0.194. The summed E-state index contributed by atoms with van der Waals surface area (Å²) in [6, 6.07) is 5.91. The molecule has 0 bridgehead atoms. The lowest BCUT2D eigenvalue weighted by molar-refractivity contribution is 0.316. The van der Waals surface area contributed by atoms with Gasteiger partial charge in [-0.15, -0.1) is 11.3 Å². The molecule has 3 aromatic heterocycles. The Balaban J connectivity index is 1.45. The molecule has 1 aliphatic heterocycles. The molecule has 0 atom stereocenters. The highest BCUT2D eigenvalue weighted by molar-refractivity contribution is 7.89. The second kappa shape index (κ2) is 8.09. The van der Waals surface area contributed by atoms with Crippen LogP contribution in [0.1, 0.15) is 46.5 Å². The zero-order chi connectivity index (χ0) is 21.5. The number of nitrogens with zero attached hydrogens (tertiary/aromatic N) is 4. The second-order valence-corrected chi connectivity index (χ2v) is 10.6. The maximum atomic E-state index is 13.0. The average molecular weight is 448 g/mol. The minimum atomic E-state index is -3.60. The van der Waals surface area contributed by atoms with Gasteiger partial charge in [0.2, 0.25) is 10.0 Å². The van der Waals surface area contributed by atoms with Crippen LogP contribution in [0.15, 0.2) is 27.6 Å². The Kier molecular flexibility index (Phi) is 5.65. The molecule has 160 valence electrons. The Labute approximate surface area is 180 Å². The highest BCUT2D eigenvalue weighted by atomic mass is 32.2. The summed E-state index contributed by atoms with van der Waals surface area (Å²) in [5.41, 5.74) is 2.40. The summed E-state index contributed by atoms with van der Waals surface area (Å²) in [4.78, 5) is 10.6. The van der Waals surface area contributed by atoms with Crippen LogP contribution in [-0.2, 0) is 10.0 Å². The lowest BCUT2D eigenvalue weighted by Gasteiger charge is -2.31. The standard InChI is InChI=1S/C20H25N5O3S2/c1-12-15(4)29-20(21-12)23-18-7-5-6-17(22-18)16-8-10-25(11-9-16)30(26,27)19-13(2)24-28-14(19)3/h5-7,16H,8-11H2,1-4H3,(H,21,22,23). The first-order chi connectivity index (χ1) is 14.3. The Bertz CT molecular complexity index is 1120. The molecule has 4 rings (SSSR count). The number of anilines is 2. The molecular weight excluding hydrogens is 422 g/mol. The van der Waals surface area contributed by atoms with Crippen molar-refractivity contribution in [3.05, 3.63) is 45.9 Å². The van der Waals surface area contributed by atoms with E-state index < -0.39 is 10.0 Å². The fourth-order valence-electron chi connectivity index (χ4n) is 3.75. The summed E-state index contributed by atoms with van der Waals surface area (Å²) in [5, 5.41) is 7.90. The predicted molar refractivity (Wildman–Crippen MR) is 116 cm³/mol. The van der Waals surface area contributed by atoms with E-state index in [1.165, 1.54) is 9.18 Å². The summed E-state index contributed by atoms with van der Waals surface area (Å²) < 4.78 is 32.6. The third-order valence-electron chi connectivity index (χ3n) is 5.47. The number of nitrogens with one attached hydrogen (secondary N) is 1. The van der Waals surface area contributed by atoms with Crippen molar-refractivity contribution in [2.24, 2.45) is 0 Å². The number of thiazole rings is 1. The molecule has 1 saturated heterocycles. The molecule has 0 saturated carbocycles. The first-order valence-corrected chi connectivity index (χ1v) is 12.1. The third kappa shape index (κ3) is 3.99. The summed E-state index contributed by atoms with van der Waals surface area (Å²) in [7, 11) is -3.60. The van der Waals surface area contributed by atoms with Crippen LogP contribution in [0.2, 0.25) is 0 Å². The van der Waals surface area contributed by atoms with Gasteiger partial charge < -0.3 is 9.84 Å². The van der Waals surface area contributed by atoms with Crippen LogP contribution in [0.4, 0.5) is 10.9 Å². The van der Waals surface area contributed by atoms with Crippen LogP contribution in [0.25, 0.3) is 0 Å². The molecule has 0 spiro atoms. The van der Waals surface area contributed by atoms with Crippen molar-refractivity contribution in [1.29, 1.82) is 0 Å². The quantitative estimate of drug-likeness (QED) is 0.629. The fourth-order valence-corrected chi connectivity index (χ4v) is 6.33. The molecule has 1 aliphatic rings. The van der Waals surface area contributed by atoms with Crippen LogP contribution in [0.5, 0.6) is 0 Å². The Morgan fingerprint density at radius 3 is 2.43 bits per heavy atom. The van der Waals surface area contributed by atoms with Crippen molar-refractivity contribution < 1.29 is 12.9 Å². The van der Waals surface area contributed by atoms with E-state index in [1.54, 1.807) is 25.2 Å². The van der Waals surface area contributed by atoms with Gasteiger partial charge in [0.1, 0.15) is 16.4 Å². The first kappa shape index (κ1) is 21.0. The highest BCUT2D eigenvalue weighted by Crippen LogP contribution is 2.32. The molecule has 3 aromatic rings. The lowest BCUT2D eigenvalue weighted by atomic mass is 9.94. The van der Waals surface area contributed by atoms with Gasteiger partial charge in [0.25, 0.3) is 0 Å². The largest absolute Gasteiger partial charge is 0.360 e. The second-order valence-electron chi connectivity index (χ2n) is 7.56. The third-order valence-corrected chi connectivity index (χ3v) is 8.60. The monoisotopic (exact) mass is 447 g/mol. The van der Waals surface area contributed by atoms with Crippen LogP contribution < -0.4 is 5.32 Å². The van der Waals surface area contributed by atoms with Gasteiger partial charge in [-0.05, 0) is 52.7 Å². The van der Waals surface area contributed by atoms with Gasteiger partial charge in [-0.3, -0.25) is 0 Å². The van der Waals surface area contributed by atoms with Crippen LogP contribution in [0, 0.1) is 27.7 Å². The van der Waals surface area contributed by atoms with Crippen LogP contribution >= 0.6 is 11.3 Å². The molecule has 0 aliphatic carbocycles. The van der Waals surface area contributed by atoms with Gasteiger partial charge in [0.15, 0.2) is 10.9 Å². The number of piperidine rings is 1. The summed E-state index contributed by atoms with van der Waals surface area (Å²) in [6.45, 7) is 8.22. The number of sulfonamides is 1. The smallest absolute Gasteiger partial charge is 0.248 e. The molecule has 1 N–H and O–H groups in total. The van der Waals surface area contributed by atoms with E-state index in [1.807, 2.05) is 32.0 Å². The molecule has 4 heterocycles. The van der Waals surface area contributed by atoms with Crippen molar-refractivity contribution in [3.8, 4) is 0 Å². The molecular formula is C20H25N5O3S2. The Morgan fingerprint density at radius 1 is 1.10 bits per heavy atom. The number of aromatic nitrogens is 3. The summed E-state index contributed by atoms with van der Waals surface area (Å²) in [6.07, 6.45) is 1.43. The number of aryl methyl sites for hydroxylation is 4. The number of hydrogen-bond donors (Lipinski definition) is 1. The predicted octanol–water partition coefficient (Wildman–Crippen LogP) is 4.07. The number of rotatable bonds is 5. The average Bonchev–Trinajstić information content (AvgIpc) is 3.22. The van der Waals surface area contributed by atoms with Gasteiger partial charge in [-0.25, -0.2) is 18.4 Å². The van der Waals surface area contributed by atoms with Gasteiger partial charge in [0.05, 0.1) is 5.69 Å². The van der Waals surface area contributed by atoms with E-state index in [-0.39, 0.29) is 10.8 Å². The summed E-state index contributed by atoms with van der Waals surface area (Å²) >= 11 is 1.61. The maximum absolute atomic E-state index is 13.0. The van der Waals surface area contributed by atoms with Crippen molar-refractivity contribution in [2.75, 3.05) is 18.4 Å². The topological polar surface area (TPSA) is 101 Å². The van der Waals surface area contributed by atoms with Gasteiger partial charge in [0, 0.05) is 29.6 Å². The fraction of sp³-hybridized carbons (Fsp3) is 0.450. The van der Waals surface area contributed by atoms with Gasteiger partial charge in [-0.1, -0.05) is 11.2 Å². The normalized spacial score (nSPS) is 16.1. The molecule has 0 unspecified atom stereocenters. The SMILES string of the molecule is Cc1nc(Nc2cccc(C3CCN(S(=O)(=O)c4c(C)noc4C)CC3)n2)sc1C. The van der Waals surface area contributed by atoms with Crippen LogP contribution in [-0.4, -0.2) is 40.9 Å². The molecule has 0 amide bonds. The first-order valence-electron chi connectivity index (χ1n) is 9.86. The lowest BCUT2D eigenvalue weighted by Crippen LogP contribution is -2.38. The van der Waals surface area contributed by atoms with E-state index in [0.29, 0.717) is 37.4 Å². The maximum Gasteiger partial charge on any atom is 0.248 e. The van der Waals surface area contributed by atoms with E-state index in [9.17, 15) is 8.42 Å². The molecule has 0 radical (unpaired) electrons. The van der Waals surface area contributed by atoms with Crippen molar-refractivity contribution in [2.45, 2.75) is 51.3 Å². The Morgan fingerprint density at radius 2 is 1.83 bits per heavy atom. The van der Waals surface area contributed by atoms with Crippen molar-refractivity contribution in [1.82, 2.24) is 19.4 Å². The zero-order valence-electron chi connectivity index (χ0n) is 17.5. The van der Waals surface area contributed by atoms with Gasteiger partial charge >= 0.3 is 0 Å². The molecule has 10 heteroatoms. The van der Waals surface area contributed by atoms with Gasteiger partial charge in [-0.2, -0.15) is 4.31 Å². The van der Waals surface area contributed by atoms with Crippen molar-refractivity contribution >= 4 is 32.3 Å². The molecule has 0 aromatic carbocycles.